The van der Waals surface area contributed by atoms with Crippen LogP contribution in [0.3, 0.4) is 0 Å². The van der Waals surface area contributed by atoms with Crippen LogP contribution in [0.4, 0.5) is 0 Å². The summed E-state index contributed by atoms with van der Waals surface area (Å²) in [5.41, 5.74) is 4.71. The molecule has 0 aromatic carbocycles. The summed E-state index contributed by atoms with van der Waals surface area (Å²) >= 11 is 0. The van der Waals surface area contributed by atoms with Gasteiger partial charge in [-0.25, -0.2) is 0 Å². The van der Waals surface area contributed by atoms with Crippen molar-refractivity contribution in [2.45, 2.75) is 0 Å². The highest BCUT2D eigenvalue weighted by molar-refractivity contribution is 4.84. The zero-order chi connectivity index (χ0) is 4.99. The predicted molar refractivity (Wildman–Crippen MR) is 22.0 cm³/mol. The summed E-state index contributed by atoms with van der Waals surface area (Å²) in [4.78, 5) is 0. The first-order valence-electron chi connectivity index (χ1n) is 1.52. The molecule has 0 atom stereocenters. The number of nitrogens with two attached hydrogens (primary N) is 1. The molecule has 0 aliphatic carbocycles. The van der Waals surface area contributed by atoms with Gasteiger partial charge in [0.15, 0.2) is 0 Å². The second-order valence-corrected chi connectivity index (χ2v) is 0.816. The van der Waals surface area contributed by atoms with E-state index in [0.717, 1.165) is 6.20 Å². The molecule has 0 aromatic rings. The van der Waals surface area contributed by atoms with Gasteiger partial charge in [-0.2, -0.15) is 0 Å². The molecule has 0 radical (unpaired) electrons. The number of hydrogen-bond acceptors (Lipinski definition) is 3. The molecule has 0 aliphatic rings. The van der Waals surface area contributed by atoms with Crippen LogP contribution < -0.4 is 5.73 Å². The van der Waals surface area contributed by atoms with Gasteiger partial charge < -0.3 is 15.9 Å². The minimum atomic E-state index is -0.378. The van der Waals surface area contributed by atoms with E-state index in [2.05, 4.69) is 0 Å². The van der Waals surface area contributed by atoms with Crippen LogP contribution in [-0.4, -0.2) is 16.8 Å². The van der Waals surface area contributed by atoms with E-state index in [1.165, 1.54) is 0 Å². The fourth-order valence-corrected chi connectivity index (χ4v) is 0.0527. The molecule has 0 amide bonds. The van der Waals surface area contributed by atoms with Crippen LogP contribution in [0.25, 0.3) is 0 Å². The molecule has 3 heteroatoms. The van der Waals surface area contributed by atoms with Crippen LogP contribution in [0.1, 0.15) is 0 Å². The van der Waals surface area contributed by atoms with Crippen molar-refractivity contribution in [3.63, 3.8) is 0 Å². The highest BCUT2D eigenvalue weighted by Crippen LogP contribution is 1.74. The van der Waals surface area contributed by atoms with Gasteiger partial charge in [0.1, 0.15) is 12.4 Å². The molecular formula is C3H7NO2. The summed E-state index contributed by atoms with van der Waals surface area (Å²) in [6, 6.07) is 0. The Morgan fingerprint density at radius 2 is 2.33 bits per heavy atom. The summed E-state index contributed by atoms with van der Waals surface area (Å²) < 4.78 is 0. The summed E-state index contributed by atoms with van der Waals surface area (Å²) in [5.74, 6) is -0.199. The molecule has 0 rings (SSSR count). The van der Waals surface area contributed by atoms with Crippen LogP contribution in [0.15, 0.2) is 12.0 Å². The maximum Gasteiger partial charge on any atom is 0.133 e. The third kappa shape index (κ3) is 1.60. The van der Waals surface area contributed by atoms with Crippen molar-refractivity contribution in [1.82, 2.24) is 0 Å². The lowest BCUT2D eigenvalue weighted by Crippen LogP contribution is -1.91. The van der Waals surface area contributed by atoms with Crippen molar-refractivity contribution in [2.75, 3.05) is 6.61 Å². The molecule has 0 aromatic heterocycles. The van der Waals surface area contributed by atoms with E-state index in [1.807, 2.05) is 0 Å². The second kappa shape index (κ2) is 2.53. The SMILES string of the molecule is NC=C(O)CO. The van der Waals surface area contributed by atoms with Gasteiger partial charge in [0.05, 0.1) is 0 Å². The molecule has 0 unspecified atom stereocenters. The molecule has 0 saturated carbocycles. The number of aliphatic hydroxyl groups is 2. The van der Waals surface area contributed by atoms with Crippen LogP contribution in [0.2, 0.25) is 0 Å². The van der Waals surface area contributed by atoms with E-state index < -0.39 is 0 Å². The molecular weight excluding hydrogens is 82.0 g/mol. The summed E-state index contributed by atoms with van der Waals surface area (Å²) in [6.45, 7) is -0.378. The van der Waals surface area contributed by atoms with Gasteiger partial charge in [0.2, 0.25) is 0 Å². The third-order valence-electron chi connectivity index (χ3n) is 0.354. The standard InChI is InChI=1S/C3H7NO2/c4-1-3(6)2-5/h1,5-6H,2,4H2. The molecule has 3 nitrogen and oxygen atoms in total. The Morgan fingerprint density at radius 3 is 2.33 bits per heavy atom. The minimum absolute atomic E-state index is 0.199. The average Bonchev–Trinajstić information content (AvgIpc) is 1.65. The Kier molecular flexibility index (Phi) is 2.24. The molecule has 0 spiro atoms. The molecule has 4 N–H and O–H groups in total. The van der Waals surface area contributed by atoms with Gasteiger partial charge in [0, 0.05) is 6.20 Å². The Balaban J connectivity index is 3.22. The van der Waals surface area contributed by atoms with Crippen molar-refractivity contribution in [1.29, 1.82) is 0 Å². The molecule has 0 heterocycles. The van der Waals surface area contributed by atoms with Crippen LogP contribution >= 0.6 is 0 Å². The van der Waals surface area contributed by atoms with Gasteiger partial charge in [-0.15, -0.1) is 0 Å². The van der Waals surface area contributed by atoms with E-state index in [9.17, 15) is 0 Å². The highest BCUT2D eigenvalue weighted by Gasteiger charge is 1.78. The van der Waals surface area contributed by atoms with E-state index in [0.29, 0.717) is 0 Å². The summed E-state index contributed by atoms with van der Waals surface area (Å²) in [7, 11) is 0. The lowest BCUT2D eigenvalue weighted by Gasteiger charge is -1.84. The largest absolute Gasteiger partial charge is 0.508 e. The normalized spacial score (nSPS) is 11.8. The first kappa shape index (κ1) is 5.30. The van der Waals surface area contributed by atoms with Crippen molar-refractivity contribution >= 4 is 0 Å². The fourth-order valence-electron chi connectivity index (χ4n) is 0.0527. The summed E-state index contributed by atoms with van der Waals surface area (Å²) in [6.07, 6.45) is 0.944. The van der Waals surface area contributed by atoms with Crippen molar-refractivity contribution < 1.29 is 10.2 Å². The van der Waals surface area contributed by atoms with E-state index in [-0.39, 0.29) is 12.4 Å². The number of rotatable bonds is 1. The van der Waals surface area contributed by atoms with E-state index in [4.69, 9.17) is 15.9 Å². The van der Waals surface area contributed by atoms with Gasteiger partial charge >= 0.3 is 0 Å². The van der Waals surface area contributed by atoms with Crippen LogP contribution in [0, 0.1) is 0 Å². The molecule has 6 heavy (non-hydrogen) atoms. The molecule has 0 bridgehead atoms. The lowest BCUT2D eigenvalue weighted by atomic mass is 10.6. The Morgan fingerprint density at radius 1 is 1.83 bits per heavy atom. The lowest BCUT2D eigenvalue weighted by molar-refractivity contribution is 0.252. The van der Waals surface area contributed by atoms with Gasteiger partial charge in [-0.1, -0.05) is 0 Å². The Hall–Kier alpha value is -0.700. The number of aliphatic hydroxyl groups excluding tert-OH is 2. The number of hydrogen-bond donors (Lipinski definition) is 3. The molecule has 0 fully saturated rings. The average molecular weight is 89.1 g/mol. The molecule has 0 aliphatic heterocycles. The first-order chi connectivity index (χ1) is 2.81. The van der Waals surface area contributed by atoms with Crippen molar-refractivity contribution in [3.05, 3.63) is 12.0 Å². The topological polar surface area (TPSA) is 66.5 Å². The van der Waals surface area contributed by atoms with E-state index in [1.54, 1.807) is 0 Å². The van der Waals surface area contributed by atoms with Crippen LogP contribution in [-0.2, 0) is 0 Å². The van der Waals surface area contributed by atoms with Gasteiger partial charge in [-0.05, 0) is 0 Å². The highest BCUT2D eigenvalue weighted by atomic mass is 16.3. The molecule has 0 saturated heterocycles. The van der Waals surface area contributed by atoms with Gasteiger partial charge in [0.25, 0.3) is 0 Å². The zero-order valence-corrected chi connectivity index (χ0v) is 3.26. The van der Waals surface area contributed by atoms with E-state index >= 15 is 0 Å². The van der Waals surface area contributed by atoms with Crippen LogP contribution in [0.5, 0.6) is 0 Å². The first-order valence-corrected chi connectivity index (χ1v) is 1.52. The van der Waals surface area contributed by atoms with Gasteiger partial charge in [-0.3, -0.25) is 0 Å². The maximum absolute atomic E-state index is 8.15. The fraction of sp³-hybridized carbons (Fsp3) is 0.333. The quantitative estimate of drug-likeness (QED) is 0.373. The molecule has 36 valence electrons. The van der Waals surface area contributed by atoms with Crippen molar-refractivity contribution in [3.8, 4) is 0 Å². The monoisotopic (exact) mass is 89.0 g/mol. The second-order valence-electron chi connectivity index (χ2n) is 0.816. The Bertz CT molecular complexity index is 59.8. The maximum atomic E-state index is 8.15. The third-order valence-corrected chi connectivity index (χ3v) is 0.354. The Labute approximate surface area is 35.7 Å². The smallest absolute Gasteiger partial charge is 0.133 e. The zero-order valence-electron chi connectivity index (χ0n) is 3.26. The predicted octanol–water partition coefficient (Wildman–Crippen LogP) is -0.663. The summed E-state index contributed by atoms with van der Waals surface area (Å²) in [5, 5.41) is 16.1. The minimum Gasteiger partial charge on any atom is -0.508 e. The van der Waals surface area contributed by atoms with Crippen molar-refractivity contribution in [2.24, 2.45) is 5.73 Å².